The summed E-state index contributed by atoms with van der Waals surface area (Å²) in [5.74, 6) is -3.31. The molecule has 4 nitrogen and oxygen atoms in total. The highest BCUT2D eigenvalue weighted by molar-refractivity contribution is 5.80. The molecule has 1 saturated carbocycles. The van der Waals surface area contributed by atoms with Crippen LogP contribution in [0.25, 0.3) is 0 Å². The summed E-state index contributed by atoms with van der Waals surface area (Å²) < 4.78 is 68.3. The van der Waals surface area contributed by atoms with Crippen molar-refractivity contribution in [3.05, 3.63) is 34.9 Å². The van der Waals surface area contributed by atoms with Gasteiger partial charge in [0.2, 0.25) is 5.91 Å². The molecule has 1 aromatic rings. The van der Waals surface area contributed by atoms with Crippen molar-refractivity contribution in [2.24, 2.45) is 11.3 Å². The molecule has 2 unspecified atom stereocenters. The van der Waals surface area contributed by atoms with Gasteiger partial charge in [0.05, 0.1) is 11.5 Å². The topological polar surface area (TPSA) is 49.4 Å². The molecule has 2 atom stereocenters. The average Bonchev–Trinajstić information content (AvgIpc) is 2.86. The van der Waals surface area contributed by atoms with E-state index in [2.05, 4.69) is 5.32 Å². The quantitative estimate of drug-likeness (QED) is 0.371. The predicted molar refractivity (Wildman–Crippen MR) is 132 cm³/mol. The number of nitrogens with one attached hydrogen (secondary N) is 1. The molecule has 2 aliphatic rings. The zero-order chi connectivity index (χ0) is 27.4. The number of carbonyl (C=O) groups excluding carboxylic acids is 2. The number of carbonyl (C=O) groups is 2. The third-order valence-corrected chi connectivity index (χ3v) is 8.24. The van der Waals surface area contributed by atoms with Crippen LogP contribution >= 0.6 is 0 Å². The third kappa shape index (κ3) is 7.52. The van der Waals surface area contributed by atoms with Gasteiger partial charge in [0.1, 0.15) is 5.78 Å². The molecule has 9 heteroatoms. The first-order chi connectivity index (χ1) is 17.3. The van der Waals surface area contributed by atoms with Gasteiger partial charge in [-0.15, -0.1) is 0 Å². The number of aryl methyl sites for hydroxylation is 1. The fraction of sp³-hybridized carbons (Fsp3) is 0.714. The molecule has 1 N–H and O–H groups in total. The second-order valence-electron chi connectivity index (χ2n) is 11.1. The van der Waals surface area contributed by atoms with Crippen molar-refractivity contribution in [2.45, 2.75) is 96.2 Å². The molecule has 0 spiro atoms. The maximum Gasteiger partial charge on any atom is 0.416 e. The smallest absolute Gasteiger partial charge is 0.342 e. The second kappa shape index (κ2) is 11.8. The van der Waals surface area contributed by atoms with E-state index >= 15 is 0 Å². The van der Waals surface area contributed by atoms with E-state index in [1.54, 1.807) is 0 Å². The molecule has 0 aromatic heterocycles. The van der Waals surface area contributed by atoms with Crippen molar-refractivity contribution in [3.63, 3.8) is 0 Å². The molecule has 1 aromatic carbocycles. The van der Waals surface area contributed by atoms with E-state index in [-0.39, 0.29) is 53.9 Å². The number of benzene rings is 1. The molecule has 0 bridgehead atoms. The average molecular weight is 531 g/mol. The highest BCUT2D eigenvalue weighted by Gasteiger charge is 2.39. The SMILES string of the molecule is CCC(F)(F)c1cc(CCC(=O)CC2(C)CCN(C(=O)C3CCCCC3NC)CC2)cc(C(F)(F)F)c1. The van der Waals surface area contributed by atoms with Crippen LogP contribution in [0.1, 0.15) is 88.3 Å². The Balaban J connectivity index is 1.58. The van der Waals surface area contributed by atoms with Crippen LogP contribution in [0.3, 0.4) is 0 Å². The van der Waals surface area contributed by atoms with E-state index in [0.717, 1.165) is 37.8 Å². The highest BCUT2D eigenvalue weighted by Crippen LogP contribution is 2.39. The number of likely N-dealkylation sites (tertiary alicyclic amines) is 1. The van der Waals surface area contributed by atoms with Gasteiger partial charge >= 0.3 is 6.18 Å². The molecule has 1 aliphatic heterocycles. The Labute approximate surface area is 216 Å². The van der Waals surface area contributed by atoms with Gasteiger partial charge in [-0.2, -0.15) is 13.2 Å². The summed E-state index contributed by atoms with van der Waals surface area (Å²) in [7, 11) is 1.89. The van der Waals surface area contributed by atoms with Crippen LogP contribution < -0.4 is 5.32 Å². The Kier molecular flexibility index (Phi) is 9.41. The first-order valence-corrected chi connectivity index (χ1v) is 13.4. The molecule has 0 radical (unpaired) electrons. The van der Waals surface area contributed by atoms with Gasteiger partial charge in [-0.3, -0.25) is 9.59 Å². The number of halogens is 5. The van der Waals surface area contributed by atoms with E-state index < -0.39 is 29.6 Å². The fourth-order valence-electron chi connectivity index (χ4n) is 5.71. The predicted octanol–water partition coefficient (Wildman–Crippen LogP) is 6.51. The molecule has 37 heavy (non-hydrogen) atoms. The third-order valence-electron chi connectivity index (χ3n) is 8.24. The summed E-state index contributed by atoms with van der Waals surface area (Å²) in [6.07, 6.45) is 0.282. The summed E-state index contributed by atoms with van der Waals surface area (Å²) in [4.78, 5) is 27.8. The Hall–Kier alpha value is -2.03. The molecule has 1 heterocycles. The maximum absolute atomic E-state index is 14.2. The Morgan fingerprint density at radius 2 is 1.65 bits per heavy atom. The maximum atomic E-state index is 14.2. The first-order valence-electron chi connectivity index (χ1n) is 13.4. The van der Waals surface area contributed by atoms with Gasteiger partial charge in [0.15, 0.2) is 0 Å². The van der Waals surface area contributed by atoms with Crippen LogP contribution in [0.4, 0.5) is 22.0 Å². The minimum absolute atomic E-state index is 0.0113. The number of nitrogens with zero attached hydrogens (tertiary/aromatic N) is 1. The largest absolute Gasteiger partial charge is 0.416 e. The van der Waals surface area contributed by atoms with Crippen LogP contribution in [0.15, 0.2) is 18.2 Å². The Morgan fingerprint density at radius 1 is 1.03 bits per heavy atom. The van der Waals surface area contributed by atoms with Gasteiger partial charge in [-0.25, -0.2) is 8.78 Å². The number of rotatable bonds is 9. The Bertz CT molecular complexity index is 954. The molecule has 2 fully saturated rings. The van der Waals surface area contributed by atoms with Crippen molar-refractivity contribution in [3.8, 4) is 0 Å². The number of hydrogen-bond acceptors (Lipinski definition) is 3. The number of piperidine rings is 1. The van der Waals surface area contributed by atoms with Gasteiger partial charge in [0.25, 0.3) is 5.92 Å². The van der Waals surface area contributed by atoms with Crippen LogP contribution in [-0.4, -0.2) is 42.8 Å². The number of Topliss-reactive ketones (excluding diaryl/α,β-unsaturated/α-hetero) is 1. The lowest BCUT2D eigenvalue weighted by atomic mass is 9.75. The zero-order valence-corrected chi connectivity index (χ0v) is 22.0. The summed E-state index contributed by atoms with van der Waals surface area (Å²) in [5.41, 5.74) is -2.00. The monoisotopic (exact) mass is 530 g/mol. The van der Waals surface area contributed by atoms with Crippen LogP contribution in [0.2, 0.25) is 0 Å². The summed E-state index contributed by atoms with van der Waals surface area (Å²) >= 11 is 0. The molecule has 3 rings (SSSR count). The summed E-state index contributed by atoms with van der Waals surface area (Å²) in [6, 6.07) is 2.64. The van der Waals surface area contributed by atoms with Crippen molar-refractivity contribution in [1.29, 1.82) is 0 Å². The van der Waals surface area contributed by atoms with Crippen molar-refractivity contribution >= 4 is 11.7 Å². The zero-order valence-electron chi connectivity index (χ0n) is 22.0. The minimum atomic E-state index is -4.75. The lowest BCUT2D eigenvalue weighted by Crippen LogP contribution is -2.50. The van der Waals surface area contributed by atoms with Gasteiger partial charge in [0, 0.05) is 44.0 Å². The molecular weight excluding hydrogens is 491 g/mol. The van der Waals surface area contributed by atoms with E-state index in [1.807, 2.05) is 18.9 Å². The number of hydrogen-bond donors (Lipinski definition) is 1. The first kappa shape index (κ1) is 29.5. The van der Waals surface area contributed by atoms with Crippen LogP contribution in [0, 0.1) is 11.3 Å². The molecule has 1 saturated heterocycles. The summed E-state index contributed by atoms with van der Waals surface area (Å²) in [6.45, 7) is 4.39. The lowest BCUT2D eigenvalue weighted by molar-refractivity contribution is -0.140. The normalized spacial score (nSPS) is 22.6. The van der Waals surface area contributed by atoms with Crippen LogP contribution in [0.5, 0.6) is 0 Å². The van der Waals surface area contributed by atoms with E-state index in [9.17, 15) is 31.5 Å². The summed E-state index contributed by atoms with van der Waals surface area (Å²) in [5, 5.41) is 3.27. The van der Waals surface area contributed by atoms with Crippen molar-refractivity contribution in [1.82, 2.24) is 10.2 Å². The van der Waals surface area contributed by atoms with E-state index in [1.165, 1.54) is 6.92 Å². The molecule has 1 amide bonds. The minimum Gasteiger partial charge on any atom is -0.342 e. The van der Waals surface area contributed by atoms with Crippen molar-refractivity contribution in [2.75, 3.05) is 20.1 Å². The van der Waals surface area contributed by atoms with E-state index in [0.29, 0.717) is 32.0 Å². The second-order valence-corrected chi connectivity index (χ2v) is 11.1. The van der Waals surface area contributed by atoms with Crippen LogP contribution in [-0.2, 0) is 28.1 Å². The van der Waals surface area contributed by atoms with Crippen molar-refractivity contribution < 1.29 is 31.5 Å². The van der Waals surface area contributed by atoms with E-state index in [4.69, 9.17) is 0 Å². The molecule has 1 aliphatic carbocycles. The standard InChI is InChI=1S/C28H39F5N2O2/c1-4-27(29,30)20-15-19(16-21(17-20)28(31,32)33)9-10-22(36)18-26(2)11-13-35(14-12-26)25(37)23-7-5-6-8-24(23)34-3/h15-17,23-24,34H,4-14,18H2,1-3H3. The Morgan fingerprint density at radius 3 is 2.24 bits per heavy atom. The highest BCUT2D eigenvalue weighted by atomic mass is 19.4. The fourth-order valence-corrected chi connectivity index (χ4v) is 5.71. The lowest BCUT2D eigenvalue weighted by Gasteiger charge is -2.42. The number of alkyl halides is 5. The van der Waals surface area contributed by atoms with Gasteiger partial charge < -0.3 is 10.2 Å². The number of ketones is 1. The molecular formula is C28H39F5N2O2. The van der Waals surface area contributed by atoms with Gasteiger partial charge in [-0.1, -0.05) is 26.7 Å². The molecule has 208 valence electrons. The van der Waals surface area contributed by atoms with Gasteiger partial charge in [-0.05, 0) is 68.3 Å². The number of amides is 1.